The standard InChI is InChI=1S/C9H13N3O/c1-13-9-4-8(11-6-12-9)5-10-7-2-3-7/h4,6-7,10H,2-3,5H2,1H3. The molecular formula is C9H13N3O. The van der Waals surface area contributed by atoms with Gasteiger partial charge in [-0.25, -0.2) is 9.97 Å². The average Bonchev–Trinajstić information content (AvgIpc) is 2.99. The lowest BCUT2D eigenvalue weighted by Gasteiger charge is -2.03. The van der Waals surface area contributed by atoms with Gasteiger partial charge in [-0.2, -0.15) is 0 Å². The van der Waals surface area contributed by atoms with E-state index in [1.165, 1.54) is 19.2 Å². The molecule has 13 heavy (non-hydrogen) atoms. The molecule has 70 valence electrons. The van der Waals surface area contributed by atoms with Gasteiger partial charge in [-0.3, -0.25) is 0 Å². The summed E-state index contributed by atoms with van der Waals surface area (Å²) in [4.78, 5) is 8.07. The summed E-state index contributed by atoms with van der Waals surface area (Å²) in [5, 5.41) is 3.38. The van der Waals surface area contributed by atoms with E-state index in [4.69, 9.17) is 4.74 Å². The van der Waals surface area contributed by atoms with Crippen molar-refractivity contribution in [2.75, 3.05) is 7.11 Å². The Hall–Kier alpha value is -1.16. The van der Waals surface area contributed by atoms with E-state index in [0.29, 0.717) is 11.9 Å². The average molecular weight is 179 g/mol. The number of methoxy groups -OCH3 is 1. The molecule has 0 atom stereocenters. The molecule has 1 saturated carbocycles. The van der Waals surface area contributed by atoms with Crippen LogP contribution in [-0.4, -0.2) is 23.1 Å². The molecule has 1 aliphatic carbocycles. The molecule has 0 amide bonds. The van der Waals surface area contributed by atoms with Crippen molar-refractivity contribution in [1.82, 2.24) is 15.3 Å². The summed E-state index contributed by atoms with van der Waals surface area (Å²) < 4.78 is 5.00. The van der Waals surface area contributed by atoms with Crippen LogP contribution in [0.2, 0.25) is 0 Å². The molecule has 1 fully saturated rings. The molecule has 0 spiro atoms. The zero-order valence-corrected chi connectivity index (χ0v) is 7.66. The Bertz CT molecular complexity index is 286. The van der Waals surface area contributed by atoms with E-state index in [-0.39, 0.29) is 0 Å². The van der Waals surface area contributed by atoms with Gasteiger partial charge in [0.15, 0.2) is 0 Å². The number of hydrogen-bond donors (Lipinski definition) is 1. The van der Waals surface area contributed by atoms with Crippen molar-refractivity contribution >= 4 is 0 Å². The lowest BCUT2D eigenvalue weighted by atomic mass is 10.4. The maximum atomic E-state index is 5.00. The molecule has 1 aromatic rings. The summed E-state index contributed by atoms with van der Waals surface area (Å²) in [6.45, 7) is 0.809. The zero-order valence-electron chi connectivity index (χ0n) is 7.66. The molecular weight excluding hydrogens is 166 g/mol. The molecule has 0 saturated heterocycles. The summed E-state index contributed by atoms with van der Waals surface area (Å²) in [5.41, 5.74) is 0.985. The van der Waals surface area contributed by atoms with Gasteiger partial charge in [-0.15, -0.1) is 0 Å². The van der Waals surface area contributed by atoms with E-state index in [9.17, 15) is 0 Å². The number of aromatic nitrogens is 2. The van der Waals surface area contributed by atoms with E-state index >= 15 is 0 Å². The van der Waals surface area contributed by atoms with Gasteiger partial charge in [0.2, 0.25) is 5.88 Å². The highest BCUT2D eigenvalue weighted by Gasteiger charge is 2.20. The highest BCUT2D eigenvalue weighted by Crippen LogP contribution is 2.19. The Labute approximate surface area is 77.4 Å². The van der Waals surface area contributed by atoms with Gasteiger partial charge in [0.1, 0.15) is 6.33 Å². The first-order valence-corrected chi connectivity index (χ1v) is 4.47. The van der Waals surface area contributed by atoms with Gasteiger partial charge in [0, 0.05) is 18.7 Å². The first-order chi connectivity index (χ1) is 6.38. The van der Waals surface area contributed by atoms with Crippen molar-refractivity contribution in [1.29, 1.82) is 0 Å². The summed E-state index contributed by atoms with van der Waals surface area (Å²) >= 11 is 0. The number of hydrogen-bond acceptors (Lipinski definition) is 4. The van der Waals surface area contributed by atoms with Gasteiger partial charge < -0.3 is 10.1 Å². The minimum Gasteiger partial charge on any atom is -0.481 e. The van der Waals surface area contributed by atoms with E-state index < -0.39 is 0 Å². The monoisotopic (exact) mass is 179 g/mol. The number of ether oxygens (including phenoxy) is 1. The Balaban J connectivity index is 1.93. The molecule has 0 unspecified atom stereocenters. The van der Waals surface area contributed by atoms with Crippen molar-refractivity contribution in [3.05, 3.63) is 18.1 Å². The minimum atomic E-state index is 0.627. The summed E-state index contributed by atoms with van der Waals surface area (Å²) in [5.74, 6) is 0.627. The molecule has 0 bridgehead atoms. The van der Waals surface area contributed by atoms with E-state index in [1.807, 2.05) is 6.07 Å². The summed E-state index contributed by atoms with van der Waals surface area (Å²) in [6.07, 6.45) is 4.12. The fourth-order valence-corrected chi connectivity index (χ4v) is 1.12. The molecule has 0 aliphatic heterocycles. The molecule has 2 rings (SSSR count). The maximum Gasteiger partial charge on any atom is 0.216 e. The van der Waals surface area contributed by atoms with Crippen molar-refractivity contribution in [3.8, 4) is 5.88 Å². The fraction of sp³-hybridized carbons (Fsp3) is 0.556. The second-order valence-corrected chi connectivity index (χ2v) is 3.21. The minimum absolute atomic E-state index is 0.627. The molecule has 4 nitrogen and oxygen atoms in total. The normalized spacial score (nSPS) is 15.8. The summed E-state index contributed by atoms with van der Waals surface area (Å²) in [6, 6.07) is 2.57. The van der Waals surface area contributed by atoms with Crippen molar-refractivity contribution in [2.45, 2.75) is 25.4 Å². The van der Waals surface area contributed by atoms with Crippen LogP contribution < -0.4 is 10.1 Å². The lowest BCUT2D eigenvalue weighted by Crippen LogP contribution is -2.16. The maximum absolute atomic E-state index is 5.00. The van der Waals surface area contributed by atoms with Crippen LogP contribution in [0.1, 0.15) is 18.5 Å². The highest BCUT2D eigenvalue weighted by atomic mass is 16.5. The third-order valence-electron chi connectivity index (χ3n) is 2.06. The molecule has 1 aromatic heterocycles. The van der Waals surface area contributed by atoms with Gasteiger partial charge >= 0.3 is 0 Å². The van der Waals surface area contributed by atoms with Gasteiger partial charge in [-0.05, 0) is 12.8 Å². The topological polar surface area (TPSA) is 47.0 Å². The molecule has 4 heteroatoms. The van der Waals surface area contributed by atoms with Gasteiger partial charge in [-0.1, -0.05) is 0 Å². The number of rotatable bonds is 4. The Morgan fingerprint density at radius 1 is 1.54 bits per heavy atom. The van der Waals surface area contributed by atoms with Crippen LogP contribution >= 0.6 is 0 Å². The molecule has 0 radical (unpaired) electrons. The second-order valence-electron chi connectivity index (χ2n) is 3.21. The van der Waals surface area contributed by atoms with Crippen molar-refractivity contribution in [2.24, 2.45) is 0 Å². The van der Waals surface area contributed by atoms with Crippen molar-refractivity contribution < 1.29 is 4.74 Å². The predicted molar refractivity (Wildman–Crippen MR) is 48.4 cm³/mol. The van der Waals surface area contributed by atoms with Crippen molar-refractivity contribution in [3.63, 3.8) is 0 Å². The predicted octanol–water partition coefficient (Wildman–Crippen LogP) is 0.737. The second kappa shape index (κ2) is 3.70. The van der Waals surface area contributed by atoms with Crippen LogP contribution in [0.15, 0.2) is 12.4 Å². The first-order valence-electron chi connectivity index (χ1n) is 4.47. The Kier molecular flexibility index (Phi) is 2.40. The van der Waals surface area contributed by atoms with E-state index in [2.05, 4.69) is 15.3 Å². The largest absolute Gasteiger partial charge is 0.481 e. The van der Waals surface area contributed by atoms with E-state index in [1.54, 1.807) is 7.11 Å². The number of nitrogens with zero attached hydrogens (tertiary/aromatic N) is 2. The van der Waals surface area contributed by atoms with Crippen LogP contribution in [0.5, 0.6) is 5.88 Å². The third kappa shape index (κ3) is 2.39. The van der Waals surface area contributed by atoms with Gasteiger partial charge in [0.25, 0.3) is 0 Å². The fourth-order valence-electron chi connectivity index (χ4n) is 1.12. The van der Waals surface area contributed by atoms with Crippen LogP contribution in [0, 0.1) is 0 Å². The zero-order chi connectivity index (χ0) is 9.10. The van der Waals surface area contributed by atoms with E-state index in [0.717, 1.165) is 12.2 Å². The smallest absolute Gasteiger partial charge is 0.216 e. The molecule has 0 aromatic carbocycles. The van der Waals surface area contributed by atoms with Crippen LogP contribution in [0.25, 0.3) is 0 Å². The molecule has 1 heterocycles. The quantitative estimate of drug-likeness (QED) is 0.740. The van der Waals surface area contributed by atoms with Crippen LogP contribution in [0.4, 0.5) is 0 Å². The number of nitrogens with one attached hydrogen (secondary N) is 1. The third-order valence-corrected chi connectivity index (χ3v) is 2.06. The molecule has 1 aliphatic rings. The lowest BCUT2D eigenvalue weighted by molar-refractivity contribution is 0.395. The van der Waals surface area contributed by atoms with Gasteiger partial charge in [0.05, 0.1) is 12.8 Å². The SMILES string of the molecule is COc1cc(CNC2CC2)ncn1. The first kappa shape index (κ1) is 8.44. The summed E-state index contributed by atoms with van der Waals surface area (Å²) in [7, 11) is 1.61. The highest BCUT2D eigenvalue weighted by molar-refractivity contribution is 5.13. The molecule has 1 N–H and O–H groups in total. The van der Waals surface area contributed by atoms with Crippen LogP contribution in [0.3, 0.4) is 0 Å². The van der Waals surface area contributed by atoms with Crippen LogP contribution in [-0.2, 0) is 6.54 Å². The Morgan fingerprint density at radius 2 is 2.38 bits per heavy atom. The Morgan fingerprint density at radius 3 is 3.08 bits per heavy atom.